The van der Waals surface area contributed by atoms with E-state index in [0.29, 0.717) is 10.8 Å². The molecule has 0 saturated carbocycles. The third-order valence-corrected chi connectivity index (χ3v) is 5.38. The van der Waals surface area contributed by atoms with Gasteiger partial charge in [0.2, 0.25) is 5.78 Å². The Kier molecular flexibility index (Phi) is 6.20. The van der Waals surface area contributed by atoms with Crippen molar-refractivity contribution in [3.8, 4) is 11.8 Å². The molecule has 0 bridgehead atoms. The number of nitriles is 1. The zero-order chi connectivity index (χ0) is 21.0. The van der Waals surface area contributed by atoms with Crippen LogP contribution in [0.4, 0.5) is 10.1 Å². The lowest BCUT2D eigenvalue weighted by molar-refractivity contribution is -0.153. The minimum atomic E-state index is -1.00. The van der Waals surface area contributed by atoms with Crippen LogP contribution < -0.4 is 9.64 Å². The van der Waals surface area contributed by atoms with Crippen molar-refractivity contribution < 1.29 is 23.5 Å². The van der Waals surface area contributed by atoms with Gasteiger partial charge >= 0.3 is 5.97 Å². The molecular weight excluding hydrogens is 395 g/mol. The maximum atomic E-state index is 12.9. The maximum absolute atomic E-state index is 12.9. The van der Waals surface area contributed by atoms with Gasteiger partial charge in [-0.05, 0) is 43.3 Å². The number of hydrogen-bond donors (Lipinski definition) is 0. The Morgan fingerprint density at radius 1 is 1.21 bits per heavy atom. The van der Waals surface area contributed by atoms with Crippen LogP contribution in [-0.4, -0.2) is 31.5 Å². The zero-order valence-electron chi connectivity index (χ0n) is 15.7. The van der Waals surface area contributed by atoms with Gasteiger partial charge in [0.15, 0.2) is 12.7 Å². The molecule has 0 radical (unpaired) electrons. The van der Waals surface area contributed by atoms with Crippen molar-refractivity contribution in [2.24, 2.45) is 0 Å². The van der Waals surface area contributed by atoms with Gasteiger partial charge in [0.25, 0.3) is 0 Å². The number of carbonyl (C=O) groups excluding carboxylic acids is 2. The minimum absolute atomic E-state index is 0.0754. The molecule has 0 spiro atoms. The van der Waals surface area contributed by atoms with Gasteiger partial charge in [0.1, 0.15) is 28.2 Å². The van der Waals surface area contributed by atoms with E-state index in [1.807, 2.05) is 30.3 Å². The molecule has 0 aliphatic carbocycles. The number of rotatable bonds is 6. The highest BCUT2D eigenvalue weighted by Crippen LogP contribution is 2.46. The Labute approximate surface area is 171 Å². The third-order valence-electron chi connectivity index (χ3n) is 4.15. The van der Waals surface area contributed by atoms with E-state index in [1.54, 1.807) is 11.9 Å². The molecule has 3 rings (SSSR count). The largest absolute Gasteiger partial charge is 0.479 e. The molecule has 0 amide bonds. The summed E-state index contributed by atoms with van der Waals surface area (Å²) in [6.07, 6.45) is -1.00. The van der Waals surface area contributed by atoms with Crippen LogP contribution in [0.2, 0.25) is 0 Å². The van der Waals surface area contributed by atoms with Crippen molar-refractivity contribution in [1.29, 1.82) is 5.26 Å². The predicted molar refractivity (Wildman–Crippen MR) is 106 cm³/mol. The van der Waals surface area contributed by atoms with Crippen molar-refractivity contribution in [3.05, 3.63) is 65.0 Å². The SMILES string of the molecule is C[C@@H](Oc1ccc(F)cc1)C(=O)OCC(=O)/C(C#N)=C1\Sc2ccccc2N1C. The summed E-state index contributed by atoms with van der Waals surface area (Å²) in [4.78, 5) is 27.3. The molecule has 148 valence electrons. The second kappa shape index (κ2) is 8.80. The number of anilines is 1. The average Bonchev–Trinajstić information content (AvgIpc) is 3.05. The molecule has 29 heavy (non-hydrogen) atoms. The monoisotopic (exact) mass is 412 g/mol. The van der Waals surface area contributed by atoms with E-state index >= 15 is 0 Å². The molecule has 6 nitrogen and oxygen atoms in total. The van der Waals surface area contributed by atoms with Crippen molar-refractivity contribution >= 4 is 29.2 Å². The Morgan fingerprint density at radius 3 is 2.55 bits per heavy atom. The number of benzene rings is 2. The summed E-state index contributed by atoms with van der Waals surface area (Å²) in [5.41, 5.74) is 0.819. The van der Waals surface area contributed by atoms with Gasteiger partial charge in [0.05, 0.1) is 5.69 Å². The Bertz CT molecular complexity index is 1010. The normalized spacial score (nSPS) is 15.2. The smallest absolute Gasteiger partial charge is 0.347 e. The van der Waals surface area contributed by atoms with Crippen molar-refractivity contribution in [1.82, 2.24) is 0 Å². The molecular formula is C21H17FN2O4S. The standard InChI is InChI=1S/C21H17FN2O4S/c1-13(28-15-9-7-14(22)8-10-15)21(26)27-12-18(25)16(11-23)20-24(2)17-5-3-4-6-19(17)29-20/h3-10,13H,12H2,1-2H3/b20-16-/t13-/m1/s1. The predicted octanol–water partition coefficient (Wildman–Crippen LogP) is 3.68. The number of fused-ring (bicyclic) bond motifs is 1. The number of halogens is 1. The number of Topliss-reactive ketones (excluding diaryl/α,β-unsaturated/α-hetero) is 1. The van der Waals surface area contributed by atoms with Gasteiger partial charge in [-0.2, -0.15) is 5.26 Å². The molecule has 0 N–H and O–H groups in total. The van der Waals surface area contributed by atoms with Crippen molar-refractivity contribution in [2.45, 2.75) is 17.9 Å². The molecule has 8 heteroatoms. The van der Waals surface area contributed by atoms with E-state index in [0.717, 1.165) is 10.6 Å². The van der Waals surface area contributed by atoms with Gasteiger partial charge in [-0.15, -0.1) is 0 Å². The first kappa shape index (κ1) is 20.4. The van der Waals surface area contributed by atoms with Gasteiger partial charge in [-0.1, -0.05) is 23.9 Å². The van der Waals surface area contributed by atoms with Crippen LogP contribution in [0.5, 0.6) is 5.75 Å². The Hall–Kier alpha value is -3.31. The first-order valence-corrected chi connectivity index (χ1v) is 9.49. The van der Waals surface area contributed by atoms with Crippen LogP contribution in [0.1, 0.15) is 6.92 Å². The van der Waals surface area contributed by atoms with Crippen LogP contribution in [0.25, 0.3) is 0 Å². The molecule has 0 fully saturated rings. The average molecular weight is 412 g/mol. The number of para-hydroxylation sites is 1. The molecule has 2 aromatic carbocycles. The fourth-order valence-corrected chi connectivity index (χ4v) is 3.80. The number of carbonyl (C=O) groups is 2. The van der Waals surface area contributed by atoms with Crippen LogP contribution in [-0.2, 0) is 14.3 Å². The highest BCUT2D eigenvalue weighted by Gasteiger charge is 2.28. The number of ether oxygens (including phenoxy) is 2. The van der Waals surface area contributed by atoms with E-state index in [9.17, 15) is 19.2 Å². The summed E-state index contributed by atoms with van der Waals surface area (Å²) in [6.45, 7) is 0.879. The lowest BCUT2D eigenvalue weighted by Gasteiger charge is -2.15. The van der Waals surface area contributed by atoms with Crippen LogP contribution >= 0.6 is 11.8 Å². The minimum Gasteiger partial charge on any atom is -0.479 e. The summed E-state index contributed by atoms with van der Waals surface area (Å²) in [5.74, 6) is -1.49. The van der Waals surface area contributed by atoms with Gasteiger partial charge in [-0.25, -0.2) is 9.18 Å². The molecule has 2 aromatic rings. The van der Waals surface area contributed by atoms with E-state index in [-0.39, 0.29) is 5.57 Å². The molecule has 0 aromatic heterocycles. The lowest BCUT2D eigenvalue weighted by atomic mass is 10.2. The number of esters is 1. The third kappa shape index (κ3) is 4.58. The zero-order valence-corrected chi connectivity index (χ0v) is 16.5. The fraction of sp³-hybridized carbons (Fsp3) is 0.190. The topological polar surface area (TPSA) is 79.6 Å². The Morgan fingerprint density at radius 2 is 1.90 bits per heavy atom. The van der Waals surface area contributed by atoms with E-state index in [1.165, 1.54) is 43.0 Å². The van der Waals surface area contributed by atoms with Gasteiger partial charge in [0, 0.05) is 11.9 Å². The van der Waals surface area contributed by atoms with Gasteiger partial charge in [-0.3, -0.25) is 4.79 Å². The summed E-state index contributed by atoms with van der Waals surface area (Å²) in [6, 6.07) is 14.6. The van der Waals surface area contributed by atoms with E-state index < -0.39 is 30.3 Å². The second-order valence-corrected chi connectivity index (χ2v) is 7.20. The highest BCUT2D eigenvalue weighted by molar-refractivity contribution is 8.03. The van der Waals surface area contributed by atoms with Crippen LogP contribution in [0.3, 0.4) is 0 Å². The first-order valence-electron chi connectivity index (χ1n) is 8.67. The van der Waals surface area contributed by atoms with Crippen molar-refractivity contribution in [3.63, 3.8) is 0 Å². The lowest BCUT2D eigenvalue weighted by Crippen LogP contribution is -2.28. The molecule has 1 aliphatic heterocycles. The first-order chi connectivity index (χ1) is 13.9. The molecule has 1 heterocycles. The second-order valence-electron chi connectivity index (χ2n) is 6.17. The number of ketones is 1. The van der Waals surface area contributed by atoms with E-state index in [4.69, 9.17) is 9.47 Å². The van der Waals surface area contributed by atoms with Gasteiger partial charge < -0.3 is 14.4 Å². The molecule has 0 unspecified atom stereocenters. The summed E-state index contributed by atoms with van der Waals surface area (Å²) < 4.78 is 23.3. The molecule has 1 aliphatic rings. The number of thioether (sulfide) groups is 1. The van der Waals surface area contributed by atoms with E-state index in [2.05, 4.69) is 0 Å². The van der Waals surface area contributed by atoms with Crippen LogP contribution in [0.15, 0.2) is 64.0 Å². The highest BCUT2D eigenvalue weighted by atomic mass is 32.2. The fourth-order valence-electron chi connectivity index (χ4n) is 2.64. The molecule has 0 saturated heterocycles. The summed E-state index contributed by atoms with van der Waals surface area (Å²) >= 11 is 1.32. The van der Waals surface area contributed by atoms with Crippen LogP contribution in [0, 0.1) is 17.1 Å². The Balaban J connectivity index is 1.63. The summed E-state index contributed by atoms with van der Waals surface area (Å²) in [5, 5.41) is 9.97. The maximum Gasteiger partial charge on any atom is 0.347 e. The number of nitrogens with zero attached hydrogens (tertiary/aromatic N) is 2. The summed E-state index contributed by atoms with van der Waals surface area (Å²) in [7, 11) is 1.77. The van der Waals surface area contributed by atoms with Crippen molar-refractivity contribution in [2.75, 3.05) is 18.6 Å². The molecule has 1 atom stereocenters. The quantitative estimate of drug-likeness (QED) is 0.407. The number of hydrogen-bond acceptors (Lipinski definition) is 7.